The maximum atomic E-state index is 11.4. The van der Waals surface area contributed by atoms with Gasteiger partial charge in [-0.1, -0.05) is 0 Å². The first-order valence-electron chi connectivity index (χ1n) is 5.81. The molecule has 7 nitrogen and oxygen atoms in total. The average molecular weight is 297 g/mol. The highest BCUT2D eigenvalue weighted by atomic mass is 32.2. The number of nitrogens with zero attached hydrogens (tertiary/aromatic N) is 1. The fraction of sp³-hybridized carbons (Fsp3) is 0.333. The van der Waals surface area contributed by atoms with E-state index in [1.165, 1.54) is 0 Å². The second kappa shape index (κ2) is 7.47. The number of carbonyl (C=O) groups is 1. The van der Waals surface area contributed by atoms with Gasteiger partial charge >= 0.3 is 0 Å². The van der Waals surface area contributed by atoms with Gasteiger partial charge in [0.15, 0.2) is 6.61 Å². The highest BCUT2D eigenvalue weighted by molar-refractivity contribution is 7.89. The zero-order valence-corrected chi connectivity index (χ0v) is 11.5. The number of nitrogens with one attached hydrogen (secondary N) is 1. The molecular weight excluding hydrogens is 282 g/mol. The maximum absolute atomic E-state index is 11.4. The molecule has 0 saturated carbocycles. The monoisotopic (exact) mass is 297 g/mol. The lowest BCUT2D eigenvalue weighted by atomic mass is 10.2. The van der Waals surface area contributed by atoms with E-state index >= 15 is 0 Å². The Morgan fingerprint density at radius 1 is 1.35 bits per heavy atom. The molecule has 0 spiro atoms. The molecule has 1 rings (SSSR count). The third-order valence-corrected chi connectivity index (χ3v) is 3.14. The summed E-state index contributed by atoms with van der Waals surface area (Å²) in [5.74, 6) is -0.0588. The van der Waals surface area contributed by atoms with Crippen molar-refractivity contribution >= 4 is 15.9 Å². The number of primary sulfonamides is 1. The highest BCUT2D eigenvalue weighted by Gasteiger charge is 2.05. The Hall–Kier alpha value is -2.11. The van der Waals surface area contributed by atoms with Crippen molar-refractivity contribution in [2.45, 2.75) is 6.42 Å². The van der Waals surface area contributed by atoms with Crippen LogP contribution < -0.4 is 15.2 Å². The van der Waals surface area contributed by atoms with Crippen LogP contribution in [0, 0.1) is 11.3 Å². The van der Waals surface area contributed by atoms with E-state index < -0.39 is 10.0 Å². The van der Waals surface area contributed by atoms with Gasteiger partial charge in [-0.15, -0.1) is 0 Å². The van der Waals surface area contributed by atoms with Gasteiger partial charge < -0.3 is 10.1 Å². The van der Waals surface area contributed by atoms with Crippen LogP contribution in [0.15, 0.2) is 24.3 Å². The largest absolute Gasteiger partial charge is 0.484 e. The van der Waals surface area contributed by atoms with Gasteiger partial charge in [-0.2, -0.15) is 5.26 Å². The number of ether oxygens (including phenoxy) is 1. The molecule has 0 bridgehead atoms. The van der Waals surface area contributed by atoms with E-state index in [-0.39, 0.29) is 31.2 Å². The fourth-order valence-electron chi connectivity index (χ4n) is 1.33. The summed E-state index contributed by atoms with van der Waals surface area (Å²) in [7, 11) is -3.49. The van der Waals surface area contributed by atoms with Crippen LogP contribution >= 0.6 is 0 Å². The van der Waals surface area contributed by atoms with Crippen LogP contribution in [0.2, 0.25) is 0 Å². The first-order chi connectivity index (χ1) is 9.40. The molecule has 8 heteroatoms. The average Bonchev–Trinajstić information content (AvgIpc) is 2.41. The number of carbonyl (C=O) groups excluding carboxylic acids is 1. The van der Waals surface area contributed by atoms with E-state index in [1.54, 1.807) is 24.3 Å². The first kappa shape index (κ1) is 15.9. The molecule has 0 radical (unpaired) electrons. The van der Waals surface area contributed by atoms with E-state index in [0.717, 1.165) is 0 Å². The minimum absolute atomic E-state index is 0.177. The molecule has 1 amide bonds. The van der Waals surface area contributed by atoms with Crippen molar-refractivity contribution < 1.29 is 17.9 Å². The number of rotatable bonds is 7. The van der Waals surface area contributed by atoms with Crippen LogP contribution in [0.3, 0.4) is 0 Å². The van der Waals surface area contributed by atoms with Crippen molar-refractivity contribution in [3.05, 3.63) is 29.8 Å². The van der Waals surface area contributed by atoms with Gasteiger partial charge in [0.05, 0.1) is 17.4 Å². The van der Waals surface area contributed by atoms with E-state index in [2.05, 4.69) is 5.32 Å². The quantitative estimate of drug-likeness (QED) is 0.671. The highest BCUT2D eigenvalue weighted by Crippen LogP contribution is 2.11. The van der Waals surface area contributed by atoms with E-state index in [1.807, 2.05) is 6.07 Å². The van der Waals surface area contributed by atoms with E-state index in [4.69, 9.17) is 15.1 Å². The Labute approximate surface area is 117 Å². The third-order valence-electron chi connectivity index (χ3n) is 2.28. The van der Waals surface area contributed by atoms with E-state index in [0.29, 0.717) is 11.3 Å². The molecule has 0 saturated heterocycles. The lowest BCUT2D eigenvalue weighted by Crippen LogP contribution is -2.31. The molecule has 0 aromatic heterocycles. The fourth-order valence-corrected chi connectivity index (χ4v) is 1.87. The number of nitrogens with two attached hydrogens (primary N) is 1. The summed E-state index contributed by atoms with van der Waals surface area (Å²) in [5.41, 5.74) is 0.504. The number of hydrogen-bond donors (Lipinski definition) is 2. The van der Waals surface area contributed by atoms with Crippen molar-refractivity contribution in [1.82, 2.24) is 5.32 Å². The summed E-state index contributed by atoms with van der Waals surface area (Å²) in [6.45, 7) is 0.0350. The van der Waals surface area contributed by atoms with Gasteiger partial charge in [0.1, 0.15) is 5.75 Å². The molecule has 0 aliphatic heterocycles. The second-order valence-electron chi connectivity index (χ2n) is 4.00. The zero-order valence-electron chi connectivity index (χ0n) is 10.7. The molecule has 1 aromatic carbocycles. The number of amides is 1. The number of nitriles is 1. The predicted octanol–water partition coefficient (Wildman–Crippen LogP) is -0.268. The van der Waals surface area contributed by atoms with Crippen LogP contribution in [-0.2, 0) is 14.8 Å². The van der Waals surface area contributed by atoms with Gasteiger partial charge in [-0.25, -0.2) is 13.6 Å². The van der Waals surface area contributed by atoms with Crippen LogP contribution in [0.4, 0.5) is 0 Å². The minimum atomic E-state index is -3.49. The number of sulfonamides is 1. The minimum Gasteiger partial charge on any atom is -0.484 e. The normalized spacial score (nSPS) is 10.6. The lowest BCUT2D eigenvalue weighted by molar-refractivity contribution is -0.123. The zero-order chi connectivity index (χ0) is 15.0. The Bertz CT molecular complexity index is 590. The van der Waals surface area contributed by atoms with Gasteiger partial charge in [0, 0.05) is 6.54 Å². The van der Waals surface area contributed by atoms with Gasteiger partial charge in [0.25, 0.3) is 5.91 Å². The molecule has 0 unspecified atom stereocenters. The molecule has 0 heterocycles. The number of benzene rings is 1. The Morgan fingerprint density at radius 2 is 2.00 bits per heavy atom. The molecule has 20 heavy (non-hydrogen) atoms. The summed E-state index contributed by atoms with van der Waals surface area (Å²) in [4.78, 5) is 11.4. The summed E-state index contributed by atoms with van der Waals surface area (Å²) >= 11 is 0. The van der Waals surface area contributed by atoms with Gasteiger partial charge in [-0.3, -0.25) is 4.79 Å². The third kappa shape index (κ3) is 6.72. The Kier molecular flexibility index (Phi) is 5.96. The first-order valence-corrected chi connectivity index (χ1v) is 7.52. The number of hydrogen-bond acceptors (Lipinski definition) is 5. The van der Waals surface area contributed by atoms with Crippen molar-refractivity contribution in [2.24, 2.45) is 5.14 Å². The molecule has 0 atom stereocenters. The molecule has 108 valence electrons. The lowest BCUT2D eigenvalue weighted by Gasteiger charge is -2.07. The molecule has 0 aliphatic carbocycles. The van der Waals surface area contributed by atoms with Crippen LogP contribution in [0.5, 0.6) is 5.75 Å². The van der Waals surface area contributed by atoms with Crippen molar-refractivity contribution in [2.75, 3.05) is 18.9 Å². The Morgan fingerprint density at radius 3 is 2.55 bits per heavy atom. The molecular formula is C12H15N3O4S. The van der Waals surface area contributed by atoms with Crippen LogP contribution in [0.25, 0.3) is 0 Å². The molecule has 0 fully saturated rings. The van der Waals surface area contributed by atoms with Gasteiger partial charge in [-0.05, 0) is 30.7 Å². The van der Waals surface area contributed by atoms with Crippen molar-refractivity contribution in [3.8, 4) is 11.8 Å². The summed E-state index contributed by atoms with van der Waals surface area (Å²) in [5, 5.41) is 16.0. The van der Waals surface area contributed by atoms with Crippen LogP contribution in [-0.4, -0.2) is 33.2 Å². The molecule has 3 N–H and O–H groups in total. The van der Waals surface area contributed by atoms with Gasteiger partial charge in [0.2, 0.25) is 10.0 Å². The van der Waals surface area contributed by atoms with Crippen molar-refractivity contribution in [3.63, 3.8) is 0 Å². The van der Waals surface area contributed by atoms with Crippen LogP contribution in [0.1, 0.15) is 12.0 Å². The summed E-state index contributed by atoms with van der Waals surface area (Å²) < 4.78 is 26.5. The maximum Gasteiger partial charge on any atom is 0.257 e. The molecule has 0 aliphatic rings. The topological polar surface area (TPSA) is 122 Å². The smallest absolute Gasteiger partial charge is 0.257 e. The standard InChI is InChI=1S/C12H15N3O4S/c13-8-10-2-4-11(5-3-10)19-9-12(16)15-6-1-7-20(14,17)18/h2-5H,1,6-7,9H2,(H,15,16)(H2,14,17,18). The summed E-state index contributed by atoms with van der Waals surface area (Å²) in [6.07, 6.45) is 0.251. The predicted molar refractivity (Wildman–Crippen MR) is 72.3 cm³/mol. The van der Waals surface area contributed by atoms with Crippen molar-refractivity contribution in [1.29, 1.82) is 5.26 Å². The summed E-state index contributed by atoms with van der Waals surface area (Å²) in [6, 6.07) is 8.32. The Balaban J connectivity index is 2.24. The second-order valence-corrected chi connectivity index (χ2v) is 5.73. The SMILES string of the molecule is N#Cc1ccc(OCC(=O)NCCCS(N)(=O)=O)cc1. The van der Waals surface area contributed by atoms with E-state index in [9.17, 15) is 13.2 Å². The molecule has 1 aromatic rings.